The Labute approximate surface area is 550 Å². The highest BCUT2D eigenvalue weighted by atomic mass is 16.7. The van der Waals surface area contributed by atoms with Crippen LogP contribution in [0.4, 0.5) is 4.79 Å². The SMILES string of the molecule is CCC(C)C(=O)OC(C)(C)C.CCC(C)c1ccc(O)cc1.CCC(C)c1ccc(O)cc1.CCC(C)c1ccc(O)cc1.CCC(C)c1ccc(OC(=O)OC(C)(C)C)cc1.CCC(C)c1ccc(OC(C)OCCOc2ccc(C3CCCCC3)cc2)cc1. The molecule has 1 saturated carbocycles. The number of carbonyl (C=O) groups is 2. The van der Waals surface area contributed by atoms with Gasteiger partial charge in [0.25, 0.3) is 0 Å². The van der Waals surface area contributed by atoms with E-state index in [1.165, 1.54) is 65.5 Å². The third-order valence-corrected chi connectivity index (χ3v) is 16.3. The lowest BCUT2D eigenvalue weighted by Gasteiger charge is -2.22. The summed E-state index contributed by atoms with van der Waals surface area (Å²) < 4.78 is 32.7. The van der Waals surface area contributed by atoms with Gasteiger partial charge in [-0.2, -0.15) is 0 Å². The molecule has 0 aromatic heterocycles. The molecule has 11 heteroatoms. The van der Waals surface area contributed by atoms with Crippen molar-refractivity contribution in [2.24, 2.45) is 5.92 Å². The molecule has 6 aromatic rings. The molecule has 7 unspecified atom stereocenters. The molecule has 0 amide bonds. The maximum Gasteiger partial charge on any atom is 0.514 e. The van der Waals surface area contributed by atoms with Gasteiger partial charge in [0.1, 0.15) is 52.3 Å². The molecule has 6 aromatic carbocycles. The second-order valence-corrected chi connectivity index (χ2v) is 26.2. The number of phenols is 3. The van der Waals surface area contributed by atoms with E-state index in [9.17, 15) is 9.59 Å². The zero-order valence-electron chi connectivity index (χ0n) is 59.3. The van der Waals surface area contributed by atoms with E-state index in [1.54, 1.807) is 69.3 Å². The van der Waals surface area contributed by atoms with Crippen LogP contribution in [0, 0.1) is 5.92 Å². The molecule has 0 radical (unpaired) electrons. The van der Waals surface area contributed by atoms with Gasteiger partial charge >= 0.3 is 12.1 Å². The van der Waals surface area contributed by atoms with Crippen LogP contribution in [0.15, 0.2) is 146 Å². The minimum Gasteiger partial charge on any atom is -0.508 e. The molecule has 0 spiro atoms. The Balaban J connectivity index is 0.000000394. The maximum absolute atomic E-state index is 11.5. The normalized spacial score (nSPS) is 14.4. The van der Waals surface area contributed by atoms with Crippen molar-refractivity contribution in [3.63, 3.8) is 0 Å². The Morgan fingerprint density at radius 3 is 1.08 bits per heavy atom. The molecular weight excluding hydrogens is 1140 g/mol. The summed E-state index contributed by atoms with van der Waals surface area (Å²) in [5, 5.41) is 27.0. The fourth-order valence-corrected chi connectivity index (χ4v) is 9.13. The van der Waals surface area contributed by atoms with Crippen molar-refractivity contribution in [3.8, 4) is 34.5 Å². The molecule has 0 bridgehead atoms. The van der Waals surface area contributed by atoms with Gasteiger partial charge in [0.05, 0.1) is 12.5 Å². The first-order valence-corrected chi connectivity index (χ1v) is 33.8. The van der Waals surface area contributed by atoms with Crippen molar-refractivity contribution in [1.82, 2.24) is 0 Å². The molecule has 7 rings (SSSR count). The van der Waals surface area contributed by atoms with Crippen molar-refractivity contribution >= 4 is 12.1 Å². The smallest absolute Gasteiger partial charge is 0.508 e. The molecule has 91 heavy (non-hydrogen) atoms. The Kier molecular flexibility index (Phi) is 37.8. The van der Waals surface area contributed by atoms with Gasteiger partial charge in [0.2, 0.25) is 0 Å². The van der Waals surface area contributed by atoms with Crippen LogP contribution >= 0.6 is 0 Å². The van der Waals surface area contributed by atoms with E-state index in [2.05, 4.69) is 106 Å². The fourth-order valence-electron chi connectivity index (χ4n) is 9.13. The van der Waals surface area contributed by atoms with Crippen LogP contribution in [-0.4, -0.2) is 58.2 Å². The highest BCUT2D eigenvalue weighted by Gasteiger charge is 2.21. The molecule has 504 valence electrons. The van der Waals surface area contributed by atoms with E-state index >= 15 is 0 Å². The molecule has 0 aliphatic heterocycles. The number of rotatable bonds is 21. The maximum atomic E-state index is 11.5. The van der Waals surface area contributed by atoms with Crippen LogP contribution in [0.5, 0.6) is 34.5 Å². The van der Waals surface area contributed by atoms with E-state index in [1.807, 2.05) is 102 Å². The van der Waals surface area contributed by atoms with Crippen molar-refractivity contribution in [2.75, 3.05) is 13.2 Å². The molecule has 1 aliphatic carbocycles. The number of carbonyl (C=O) groups excluding carboxylic acids is 2. The highest BCUT2D eigenvalue weighted by Crippen LogP contribution is 2.34. The van der Waals surface area contributed by atoms with Gasteiger partial charge in [-0.05, 0) is 242 Å². The molecule has 1 fully saturated rings. The first kappa shape index (κ1) is 80.1. The highest BCUT2D eigenvalue weighted by molar-refractivity contribution is 5.72. The van der Waals surface area contributed by atoms with Crippen molar-refractivity contribution in [3.05, 3.63) is 179 Å². The summed E-state index contributed by atoms with van der Waals surface area (Å²) in [4.78, 5) is 22.6. The average molecular weight is 1260 g/mol. The predicted octanol–water partition coefficient (Wildman–Crippen LogP) is 22.7. The number of benzene rings is 6. The van der Waals surface area contributed by atoms with Crippen molar-refractivity contribution in [2.45, 2.75) is 255 Å². The number of hydrogen-bond acceptors (Lipinski definition) is 11. The third-order valence-electron chi connectivity index (χ3n) is 16.3. The summed E-state index contributed by atoms with van der Waals surface area (Å²) in [6.07, 6.45) is 12.3. The summed E-state index contributed by atoms with van der Waals surface area (Å²) in [5.74, 6) is 6.81. The average Bonchev–Trinajstić information content (AvgIpc) is 3.74. The zero-order chi connectivity index (χ0) is 68.1. The largest absolute Gasteiger partial charge is 0.514 e. The zero-order valence-corrected chi connectivity index (χ0v) is 59.3. The molecular formula is C80H118O11. The molecule has 1 aliphatic rings. The van der Waals surface area contributed by atoms with Gasteiger partial charge in [-0.3, -0.25) is 4.79 Å². The van der Waals surface area contributed by atoms with Gasteiger partial charge in [-0.15, -0.1) is 0 Å². The van der Waals surface area contributed by atoms with Crippen molar-refractivity contribution in [1.29, 1.82) is 0 Å². The molecule has 7 atom stereocenters. The van der Waals surface area contributed by atoms with Crippen LogP contribution in [0.3, 0.4) is 0 Å². The van der Waals surface area contributed by atoms with Gasteiger partial charge in [0.15, 0.2) is 6.29 Å². The topological polar surface area (TPSA) is 150 Å². The minimum atomic E-state index is -0.668. The minimum absolute atomic E-state index is 0.0224. The van der Waals surface area contributed by atoms with E-state index in [0.29, 0.717) is 65.8 Å². The number of esters is 1. The number of ether oxygens (including phenoxy) is 6. The van der Waals surface area contributed by atoms with Crippen LogP contribution in [0.1, 0.15) is 271 Å². The van der Waals surface area contributed by atoms with E-state index in [4.69, 9.17) is 43.7 Å². The van der Waals surface area contributed by atoms with Crippen LogP contribution in [0.2, 0.25) is 0 Å². The van der Waals surface area contributed by atoms with Gasteiger partial charge in [-0.25, -0.2) is 4.79 Å². The second kappa shape index (κ2) is 43.0. The Morgan fingerprint density at radius 1 is 0.418 bits per heavy atom. The van der Waals surface area contributed by atoms with E-state index in [0.717, 1.165) is 55.9 Å². The first-order valence-electron chi connectivity index (χ1n) is 33.8. The Bertz CT molecular complexity index is 2700. The fraction of sp³-hybridized carbons (Fsp3) is 0.525. The number of aromatic hydroxyl groups is 3. The quantitative estimate of drug-likeness (QED) is 0.0273. The van der Waals surface area contributed by atoms with Gasteiger partial charge in [-0.1, -0.05) is 175 Å². The summed E-state index contributed by atoms with van der Waals surface area (Å²) in [5.41, 5.74) is 7.05. The first-order chi connectivity index (χ1) is 43.0. The van der Waals surface area contributed by atoms with E-state index < -0.39 is 11.8 Å². The summed E-state index contributed by atoms with van der Waals surface area (Å²) in [6, 6.07) is 46.8. The second-order valence-electron chi connectivity index (χ2n) is 26.2. The van der Waals surface area contributed by atoms with E-state index in [-0.39, 0.29) is 23.8 Å². The molecule has 0 saturated heterocycles. The molecule has 3 N–H and O–H groups in total. The standard InChI is InChI=1S/C26H36O3.C15H22O3.3C10H14O.C9H18O2/c1-4-20(2)22-10-16-26(17-11-22)29-21(3)27-18-19-28-25-14-12-24(13-15-25)23-8-6-5-7-9-23;1-6-11(2)12-7-9-13(10-8-12)17-14(16)18-15(3,4)5;3*1-3-8(2)9-4-6-10(11)7-5-9;1-6-7(2)8(10)11-9(3,4)5/h10-17,20-21,23H,4-9,18-19H2,1-3H3;7-11H,6H2,1-5H3;3*4-8,11H,3H2,1-2H3;7H,6H2,1-5H3. The predicted molar refractivity (Wildman–Crippen MR) is 377 cm³/mol. The summed E-state index contributed by atoms with van der Waals surface area (Å²) in [6.45, 7) is 39.7. The lowest BCUT2D eigenvalue weighted by atomic mass is 9.84. The van der Waals surface area contributed by atoms with Crippen LogP contribution < -0.4 is 14.2 Å². The lowest BCUT2D eigenvalue weighted by molar-refractivity contribution is -0.159. The van der Waals surface area contributed by atoms with Gasteiger partial charge in [0, 0.05) is 0 Å². The Morgan fingerprint density at radius 2 is 0.747 bits per heavy atom. The summed E-state index contributed by atoms with van der Waals surface area (Å²) >= 11 is 0. The third kappa shape index (κ3) is 34.3. The number of hydrogen-bond donors (Lipinski definition) is 3. The molecule has 0 heterocycles. The van der Waals surface area contributed by atoms with Crippen LogP contribution in [-0.2, 0) is 19.0 Å². The Hall–Kier alpha value is -6.98. The summed E-state index contributed by atoms with van der Waals surface area (Å²) in [7, 11) is 0. The molecule has 11 nitrogen and oxygen atoms in total. The van der Waals surface area contributed by atoms with Gasteiger partial charge < -0.3 is 43.7 Å². The monoisotopic (exact) mass is 1250 g/mol. The number of phenolic OH excluding ortho intramolecular Hbond substituents is 3. The van der Waals surface area contributed by atoms with Crippen molar-refractivity contribution < 1.29 is 53.3 Å². The van der Waals surface area contributed by atoms with Crippen LogP contribution in [0.25, 0.3) is 0 Å². The lowest BCUT2D eigenvalue weighted by Crippen LogP contribution is -2.27.